The third-order valence-electron chi connectivity index (χ3n) is 4.05. The van der Waals surface area contributed by atoms with Crippen LogP contribution in [-0.2, 0) is 14.4 Å². The number of nitrogens with zero attached hydrogens (tertiary/aromatic N) is 1. The van der Waals surface area contributed by atoms with Crippen LogP contribution in [0.1, 0.15) is 6.42 Å². The van der Waals surface area contributed by atoms with E-state index >= 15 is 0 Å². The van der Waals surface area contributed by atoms with Crippen LogP contribution in [0.5, 0.6) is 11.5 Å². The highest BCUT2D eigenvalue weighted by Gasteiger charge is 2.39. The van der Waals surface area contributed by atoms with Crippen LogP contribution >= 0.6 is 15.9 Å². The van der Waals surface area contributed by atoms with E-state index in [9.17, 15) is 14.4 Å². The van der Waals surface area contributed by atoms with E-state index < -0.39 is 17.9 Å². The first-order chi connectivity index (χ1) is 13.5. The lowest BCUT2D eigenvalue weighted by atomic mass is 10.2. The summed E-state index contributed by atoms with van der Waals surface area (Å²) in [6.07, 6.45) is -0.0471. The van der Waals surface area contributed by atoms with Crippen LogP contribution < -0.4 is 25.2 Å². The summed E-state index contributed by atoms with van der Waals surface area (Å²) < 4.78 is 11.2. The SMILES string of the molecule is COc1ccc(OCC(=O)NN[C@H]2CC(=O)N(c3ccc(Br)cc3)C2=O)cc1. The van der Waals surface area contributed by atoms with Crippen molar-refractivity contribution in [2.45, 2.75) is 12.5 Å². The molecule has 1 aliphatic heterocycles. The fourth-order valence-electron chi connectivity index (χ4n) is 2.63. The molecule has 1 fully saturated rings. The fourth-order valence-corrected chi connectivity index (χ4v) is 2.89. The Kier molecular flexibility index (Phi) is 6.27. The molecule has 0 spiro atoms. The number of methoxy groups -OCH3 is 1. The number of anilines is 1. The number of rotatable bonds is 7. The van der Waals surface area contributed by atoms with Gasteiger partial charge in [0, 0.05) is 4.47 Å². The Morgan fingerprint density at radius 3 is 2.39 bits per heavy atom. The maximum Gasteiger partial charge on any atom is 0.272 e. The molecule has 1 saturated heterocycles. The second-order valence-electron chi connectivity index (χ2n) is 5.96. The first-order valence-electron chi connectivity index (χ1n) is 8.41. The number of hydrogen-bond acceptors (Lipinski definition) is 6. The van der Waals surface area contributed by atoms with Crippen molar-refractivity contribution in [2.24, 2.45) is 0 Å². The van der Waals surface area contributed by atoms with Crippen LogP contribution in [0.3, 0.4) is 0 Å². The Hall–Kier alpha value is -2.91. The summed E-state index contributed by atoms with van der Waals surface area (Å²) in [5.74, 6) is -0.0573. The van der Waals surface area contributed by atoms with Gasteiger partial charge in [-0.05, 0) is 48.5 Å². The number of amides is 3. The Morgan fingerprint density at radius 1 is 1.11 bits per heavy atom. The third kappa shape index (κ3) is 4.68. The van der Waals surface area contributed by atoms with Crippen LogP contribution in [0.15, 0.2) is 53.0 Å². The number of carbonyl (C=O) groups excluding carboxylic acids is 3. The molecule has 146 valence electrons. The van der Waals surface area contributed by atoms with E-state index in [1.165, 1.54) is 0 Å². The van der Waals surface area contributed by atoms with Gasteiger partial charge < -0.3 is 9.47 Å². The number of ether oxygens (including phenoxy) is 2. The highest BCUT2D eigenvalue weighted by Crippen LogP contribution is 2.24. The molecule has 28 heavy (non-hydrogen) atoms. The van der Waals surface area contributed by atoms with Gasteiger partial charge in [0.1, 0.15) is 17.5 Å². The van der Waals surface area contributed by atoms with Crippen LogP contribution in [0.2, 0.25) is 0 Å². The minimum atomic E-state index is -0.832. The van der Waals surface area contributed by atoms with E-state index in [4.69, 9.17) is 9.47 Å². The Bertz CT molecular complexity index is 870. The van der Waals surface area contributed by atoms with Gasteiger partial charge in [-0.3, -0.25) is 19.8 Å². The number of imide groups is 1. The average Bonchev–Trinajstić information content (AvgIpc) is 2.99. The molecule has 1 aliphatic rings. The molecule has 3 rings (SSSR count). The average molecular weight is 448 g/mol. The molecule has 0 bridgehead atoms. The molecule has 2 aromatic rings. The van der Waals surface area contributed by atoms with Gasteiger partial charge >= 0.3 is 0 Å². The second-order valence-corrected chi connectivity index (χ2v) is 6.87. The van der Waals surface area contributed by atoms with Gasteiger partial charge in [-0.25, -0.2) is 10.3 Å². The maximum atomic E-state index is 12.5. The molecule has 8 nitrogen and oxygen atoms in total. The van der Waals surface area contributed by atoms with Gasteiger partial charge in [0.25, 0.3) is 11.8 Å². The Balaban J connectivity index is 1.50. The summed E-state index contributed by atoms with van der Waals surface area (Å²) in [6.45, 7) is -0.245. The van der Waals surface area contributed by atoms with Gasteiger partial charge in [-0.2, -0.15) is 0 Å². The maximum absolute atomic E-state index is 12.5. The zero-order valence-corrected chi connectivity index (χ0v) is 16.6. The monoisotopic (exact) mass is 447 g/mol. The van der Waals surface area contributed by atoms with Gasteiger partial charge in [0.05, 0.1) is 19.2 Å². The molecule has 2 aromatic carbocycles. The van der Waals surface area contributed by atoms with E-state index in [1.54, 1.807) is 55.6 Å². The van der Waals surface area contributed by atoms with Crippen LogP contribution in [0, 0.1) is 0 Å². The number of nitrogens with one attached hydrogen (secondary N) is 2. The zero-order valence-electron chi connectivity index (χ0n) is 15.0. The lowest BCUT2D eigenvalue weighted by molar-refractivity contribution is -0.125. The number of halogens is 1. The fraction of sp³-hybridized carbons (Fsp3) is 0.211. The lowest BCUT2D eigenvalue weighted by Crippen LogP contribution is -2.49. The summed E-state index contributed by atoms with van der Waals surface area (Å²) in [5.41, 5.74) is 5.49. The first kappa shape index (κ1) is 19.8. The molecular weight excluding hydrogens is 430 g/mol. The summed E-state index contributed by atoms with van der Waals surface area (Å²) >= 11 is 3.31. The molecule has 1 heterocycles. The van der Waals surface area contributed by atoms with Gasteiger partial charge in [0.2, 0.25) is 5.91 Å². The highest BCUT2D eigenvalue weighted by atomic mass is 79.9. The van der Waals surface area contributed by atoms with Crippen LogP contribution in [0.4, 0.5) is 5.69 Å². The minimum Gasteiger partial charge on any atom is -0.497 e. The van der Waals surface area contributed by atoms with Crippen molar-refractivity contribution < 1.29 is 23.9 Å². The van der Waals surface area contributed by atoms with Crippen molar-refractivity contribution in [3.05, 3.63) is 53.0 Å². The number of carbonyl (C=O) groups is 3. The molecular formula is C19H18BrN3O5. The predicted octanol–water partition coefficient (Wildman–Crippen LogP) is 1.79. The molecule has 3 amide bonds. The molecule has 1 atom stereocenters. The summed E-state index contributed by atoms with van der Waals surface area (Å²) in [4.78, 5) is 37.7. The van der Waals surface area contributed by atoms with Crippen molar-refractivity contribution >= 4 is 39.3 Å². The highest BCUT2D eigenvalue weighted by molar-refractivity contribution is 9.10. The van der Waals surface area contributed by atoms with E-state index in [0.29, 0.717) is 17.2 Å². The quantitative estimate of drug-likeness (QED) is 0.496. The van der Waals surface area contributed by atoms with E-state index in [1.807, 2.05) is 0 Å². The summed E-state index contributed by atoms with van der Waals surface area (Å²) in [6, 6.07) is 12.8. The Labute approximate surface area is 169 Å². The standard InChI is InChI=1S/C19H18BrN3O5/c1-27-14-6-8-15(9-7-14)28-11-17(24)22-21-16-10-18(25)23(19(16)26)13-4-2-12(20)3-5-13/h2-9,16,21H,10-11H2,1H3,(H,22,24)/t16-/m0/s1. The smallest absolute Gasteiger partial charge is 0.272 e. The molecule has 0 unspecified atom stereocenters. The van der Waals surface area contributed by atoms with Crippen molar-refractivity contribution in [3.63, 3.8) is 0 Å². The second kappa shape index (κ2) is 8.85. The summed E-state index contributed by atoms with van der Waals surface area (Å²) in [5, 5.41) is 0. The summed E-state index contributed by atoms with van der Waals surface area (Å²) in [7, 11) is 1.56. The topological polar surface area (TPSA) is 97.0 Å². The minimum absolute atomic E-state index is 0.0471. The largest absolute Gasteiger partial charge is 0.497 e. The molecule has 9 heteroatoms. The molecule has 0 aromatic heterocycles. The van der Waals surface area contributed by atoms with Crippen molar-refractivity contribution in [3.8, 4) is 11.5 Å². The van der Waals surface area contributed by atoms with E-state index in [-0.39, 0.29) is 18.9 Å². The Morgan fingerprint density at radius 2 is 1.75 bits per heavy atom. The normalized spacial score (nSPS) is 16.2. The van der Waals surface area contributed by atoms with Crippen LogP contribution in [-0.4, -0.2) is 37.5 Å². The first-order valence-corrected chi connectivity index (χ1v) is 9.21. The van der Waals surface area contributed by atoms with Crippen molar-refractivity contribution in [2.75, 3.05) is 18.6 Å². The van der Waals surface area contributed by atoms with Crippen molar-refractivity contribution in [1.29, 1.82) is 0 Å². The van der Waals surface area contributed by atoms with Crippen molar-refractivity contribution in [1.82, 2.24) is 10.9 Å². The van der Waals surface area contributed by atoms with Crippen LogP contribution in [0.25, 0.3) is 0 Å². The van der Waals surface area contributed by atoms with E-state index in [2.05, 4.69) is 26.8 Å². The number of benzene rings is 2. The van der Waals surface area contributed by atoms with Gasteiger partial charge in [-0.15, -0.1) is 0 Å². The number of hydrogen-bond donors (Lipinski definition) is 2. The molecule has 0 radical (unpaired) electrons. The van der Waals surface area contributed by atoms with E-state index in [0.717, 1.165) is 9.37 Å². The van der Waals surface area contributed by atoms with Gasteiger partial charge in [-0.1, -0.05) is 15.9 Å². The molecule has 2 N–H and O–H groups in total. The molecule has 0 saturated carbocycles. The van der Waals surface area contributed by atoms with Gasteiger partial charge in [0.15, 0.2) is 6.61 Å². The zero-order chi connectivity index (χ0) is 20.1. The lowest BCUT2D eigenvalue weighted by Gasteiger charge is -2.16. The molecule has 0 aliphatic carbocycles. The number of hydrazine groups is 1. The predicted molar refractivity (Wildman–Crippen MR) is 105 cm³/mol. The third-order valence-corrected chi connectivity index (χ3v) is 4.58.